The SMILES string of the molecule is C[S+]([O-])c1cn(-c2ncc(-c3ccccc3F)cn2)c2cc(C(=O)N3CC[C@@H](N=[N+]=[N-])C3)ccc12. The second-order valence-corrected chi connectivity index (χ2v) is 9.55. The smallest absolute Gasteiger partial charge is 0.253 e. The molecule has 2 aromatic heterocycles. The van der Waals surface area contributed by atoms with Gasteiger partial charge in [-0.3, -0.25) is 9.36 Å². The van der Waals surface area contributed by atoms with Crippen LogP contribution >= 0.6 is 0 Å². The average molecular weight is 490 g/mol. The summed E-state index contributed by atoms with van der Waals surface area (Å²) in [4.78, 5) is 27.0. The molecule has 1 aliphatic rings. The van der Waals surface area contributed by atoms with E-state index in [-0.39, 0.29) is 17.8 Å². The number of aromatic nitrogens is 3. The van der Waals surface area contributed by atoms with Crippen LogP contribution in [0.15, 0.2) is 71.1 Å². The van der Waals surface area contributed by atoms with E-state index in [1.54, 1.807) is 58.3 Å². The van der Waals surface area contributed by atoms with Crippen LogP contribution in [0.3, 0.4) is 0 Å². The Morgan fingerprint density at radius 1 is 1.26 bits per heavy atom. The Bertz CT molecular complexity index is 1460. The lowest BCUT2D eigenvalue weighted by Gasteiger charge is -2.16. The van der Waals surface area contributed by atoms with Crippen molar-refractivity contribution in [2.24, 2.45) is 5.11 Å². The first-order valence-corrected chi connectivity index (χ1v) is 12.4. The highest BCUT2D eigenvalue weighted by Crippen LogP contribution is 2.30. The molecule has 3 heterocycles. The number of likely N-dealkylation sites (tertiary alicyclic amines) is 1. The van der Waals surface area contributed by atoms with Gasteiger partial charge in [-0.15, -0.1) is 0 Å². The minimum absolute atomic E-state index is 0.176. The van der Waals surface area contributed by atoms with E-state index in [4.69, 9.17) is 5.53 Å². The van der Waals surface area contributed by atoms with E-state index >= 15 is 0 Å². The molecule has 0 aliphatic carbocycles. The number of azide groups is 1. The molecule has 0 bridgehead atoms. The minimum Gasteiger partial charge on any atom is -0.612 e. The number of hydrogen-bond acceptors (Lipinski definition) is 5. The second kappa shape index (κ2) is 9.38. The Balaban J connectivity index is 1.53. The van der Waals surface area contributed by atoms with Gasteiger partial charge < -0.3 is 9.45 Å². The third-order valence-corrected chi connectivity index (χ3v) is 6.97. The van der Waals surface area contributed by atoms with Gasteiger partial charge in [-0.1, -0.05) is 23.3 Å². The number of amides is 1. The van der Waals surface area contributed by atoms with E-state index in [1.807, 2.05) is 0 Å². The molecule has 0 saturated carbocycles. The summed E-state index contributed by atoms with van der Waals surface area (Å²) < 4.78 is 28.2. The molecule has 0 spiro atoms. The van der Waals surface area contributed by atoms with Gasteiger partial charge in [0, 0.05) is 47.1 Å². The molecular formula is C24H20FN7O2S. The first kappa shape index (κ1) is 22.9. The van der Waals surface area contributed by atoms with Crippen LogP contribution in [-0.4, -0.2) is 55.3 Å². The summed E-state index contributed by atoms with van der Waals surface area (Å²) in [6.45, 7) is 0.874. The molecule has 1 aliphatic heterocycles. The molecule has 0 radical (unpaired) electrons. The van der Waals surface area contributed by atoms with Crippen LogP contribution in [0.25, 0.3) is 38.4 Å². The summed E-state index contributed by atoms with van der Waals surface area (Å²) in [5.74, 6) is -0.238. The van der Waals surface area contributed by atoms with E-state index in [1.165, 1.54) is 18.5 Å². The molecule has 2 atom stereocenters. The predicted molar refractivity (Wildman–Crippen MR) is 130 cm³/mol. The summed E-state index contributed by atoms with van der Waals surface area (Å²) in [7, 11) is 0. The number of rotatable bonds is 5. The quantitative estimate of drug-likeness (QED) is 0.177. The van der Waals surface area contributed by atoms with Gasteiger partial charge in [0.1, 0.15) is 12.1 Å². The molecule has 1 amide bonds. The van der Waals surface area contributed by atoms with Crippen molar-refractivity contribution in [1.82, 2.24) is 19.4 Å². The summed E-state index contributed by atoms with van der Waals surface area (Å²) in [5, 5.41) is 4.44. The van der Waals surface area contributed by atoms with Crippen LogP contribution in [0, 0.1) is 5.82 Å². The monoisotopic (exact) mass is 489 g/mol. The van der Waals surface area contributed by atoms with Crippen molar-refractivity contribution in [1.29, 1.82) is 0 Å². The van der Waals surface area contributed by atoms with Crippen LogP contribution in [0.1, 0.15) is 16.8 Å². The summed E-state index contributed by atoms with van der Waals surface area (Å²) in [6.07, 6.45) is 6.96. The zero-order valence-corrected chi connectivity index (χ0v) is 19.5. The lowest BCUT2D eigenvalue weighted by Crippen LogP contribution is -2.29. The summed E-state index contributed by atoms with van der Waals surface area (Å²) in [5.41, 5.74) is 10.7. The molecule has 9 nitrogen and oxygen atoms in total. The van der Waals surface area contributed by atoms with E-state index in [0.29, 0.717) is 52.6 Å². The molecule has 1 saturated heterocycles. The van der Waals surface area contributed by atoms with Crippen LogP contribution in [-0.2, 0) is 11.2 Å². The predicted octanol–water partition coefficient (Wildman–Crippen LogP) is 4.49. The highest BCUT2D eigenvalue weighted by molar-refractivity contribution is 7.91. The van der Waals surface area contributed by atoms with E-state index in [9.17, 15) is 13.7 Å². The molecule has 2 aromatic carbocycles. The van der Waals surface area contributed by atoms with Gasteiger partial charge in [0.15, 0.2) is 4.90 Å². The highest BCUT2D eigenvalue weighted by atomic mass is 32.2. The van der Waals surface area contributed by atoms with Gasteiger partial charge in [-0.25, -0.2) is 14.4 Å². The van der Waals surface area contributed by atoms with Crippen molar-refractivity contribution in [3.8, 4) is 17.1 Å². The fourth-order valence-corrected chi connectivity index (χ4v) is 5.02. The van der Waals surface area contributed by atoms with Crippen molar-refractivity contribution in [2.75, 3.05) is 19.3 Å². The number of halogens is 1. The number of hydrogen-bond donors (Lipinski definition) is 0. The van der Waals surface area contributed by atoms with Gasteiger partial charge in [0.05, 0.1) is 23.1 Å². The minimum atomic E-state index is -1.29. The Hall–Kier alpha value is -3.92. The number of carbonyl (C=O) groups is 1. The lowest BCUT2D eigenvalue weighted by atomic mass is 10.1. The largest absolute Gasteiger partial charge is 0.612 e. The lowest BCUT2D eigenvalue weighted by molar-refractivity contribution is 0.0791. The highest BCUT2D eigenvalue weighted by Gasteiger charge is 2.27. The molecule has 0 N–H and O–H groups in total. The third kappa shape index (κ3) is 4.32. The molecule has 35 heavy (non-hydrogen) atoms. The zero-order valence-electron chi connectivity index (χ0n) is 18.7. The maximum Gasteiger partial charge on any atom is 0.253 e. The maximum atomic E-state index is 14.2. The third-order valence-electron chi connectivity index (χ3n) is 6.03. The first-order chi connectivity index (χ1) is 17.0. The van der Waals surface area contributed by atoms with Crippen molar-refractivity contribution in [3.63, 3.8) is 0 Å². The zero-order chi connectivity index (χ0) is 24.5. The Morgan fingerprint density at radius 3 is 2.74 bits per heavy atom. The first-order valence-electron chi connectivity index (χ1n) is 10.9. The number of fused-ring (bicyclic) bond motifs is 1. The number of nitrogens with zero attached hydrogens (tertiary/aromatic N) is 7. The average Bonchev–Trinajstić information content (AvgIpc) is 3.49. The van der Waals surface area contributed by atoms with Crippen molar-refractivity contribution in [2.45, 2.75) is 17.4 Å². The molecule has 176 valence electrons. The van der Waals surface area contributed by atoms with Crippen molar-refractivity contribution in [3.05, 3.63) is 82.9 Å². The Labute approximate surface area is 203 Å². The van der Waals surface area contributed by atoms with Gasteiger partial charge in [0.2, 0.25) is 5.95 Å². The second-order valence-electron chi connectivity index (χ2n) is 8.20. The van der Waals surface area contributed by atoms with Gasteiger partial charge in [-0.2, -0.15) is 0 Å². The summed E-state index contributed by atoms with van der Waals surface area (Å²) >= 11 is -1.29. The van der Waals surface area contributed by atoms with Crippen LogP contribution in [0.2, 0.25) is 0 Å². The number of benzene rings is 2. The van der Waals surface area contributed by atoms with Crippen molar-refractivity contribution < 1.29 is 13.7 Å². The fraction of sp³-hybridized carbons (Fsp3) is 0.208. The molecular weight excluding hydrogens is 469 g/mol. The maximum absolute atomic E-state index is 14.2. The number of carbonyl (C=O) groups excluding carboxylic acids is 1. The molecule has 4 aromatic rings. The van der Waals surface area contributed by atoms with E-state index in [2.05, 4.69) is 20.0 Å². The van der Waals surface area contributed by atoms with E-state index < -0.39 is 11.2 Å². The van der Waals surface area contributed by atoms with Gasteiger partial charge in [0.25, 0.3) is 5.91 Å². The van der Waals surface area contributed by atoms with Gasteiger partial charge in [-0.05, 0) is 47.4 Å². The topological polar surface area (TPSA) is 123 Å². The van der Waals surface area contributed by atoms with Crippen LogP contribution < -0.4 is 0 Å². The Morgan fingerprint density at radius 2 is 2.03 bits per heavy atom. The molecule has 11 heteroatoms. The molecule has 1 unspecified atom stereocenters. The standard InChI is InChI=1S/C24H20FN7O2S/c1-35(34)22-14-32(24-27-11-16(12-28-24)18-4-2-3-5-20(18)25)21-10-15(6-7-19(21)22)23(33)31-9-8-17(13-31)29-30-26/h2-7,10-12,14,17H,8-9,13H2,1H3/t17-,35?/m1/s1. The molecule has 1 fully saturated rings. The van der Waals surface area contributed by atoms with Crippen LogP contribution in [0.4, 0.5) is 4.39 Å². The van der Waals surface area contributed by atoms with E-state index in [0.717, 1.165) is 5.39 Å². The molecule has 5 rings (SSSR count). The van der Waals surface area contributed by atoms with Crippen molar-refractivity contribution >= 4 is 28.0 Å². The fourth-order valence-electron chi connectivity index (χ4n) is 4.28. The van der Waals surface area contributed by atoms with Crippen LogP contribution in [0.5, 0.6) is 0 Å². The summed E-state index contributed by atoms with van der Waals surface area (Å²) in [6, 6.07) is 11.3. The Kier molecular flexibility index (Phi) is 6.12. The van der Waals surface area contributed by atoms with Gasteiger partial charge >= 0.3 is 0 Å². The normalized spacial score (nSPS) is 16.3.